The number of nitrogens with one attached hydrogen (secondary N) is 1. The molecule has 0 aliphatic carbocycles. The Balaban J connectivity index is 2.00. The highest BCUT2D eigenvalue weighted by atomic mass is 16.5. The van der Waals surface area contributed by atoms with Gasteiger partial charge in [-0.05, 0) is 32.9 Å². The number of rotatable bonds is 3. The van der Waals surface area contributed by atoms with Crippen molar-refractivity contribution in [1.29, 1.82) is 0 Å². The van der Waals surface area contributed by atoms with E-state index in [-0.39, 0.29) is 0 Å². The highest BCUT2D eigenvalue weighted by molar-refractivity contribution is 4.94. The van der Waals surface area contributed by atoms with Gasteiger partial charge in [0.15, 0.2) is 0 Å². The maximum atomic E-state index is 5.64. The van der Waals surface area contributed by atoms with Gasteiger partial charge < -0.3 is 10.1 Å². The summed E-state index contributed by atoms with van der Waals surface area (Å²) in [5.74, 6) is 5.86. The zero-order chi connectivity index (χ0) is 8.65. The second-order valence-electron chi connectivity index (χ2n) is 3.00. The maximum Gasteiger partial charge on any atom is 0.0599 e. The van der Waals surface area contributed by atoms with Crippen LogP contribution in [-0.4, -0.2) is 25.8 Å². The normalized spacial score (nSPS) is 18.4. The molecule has 0 spiro atoms. The van der Waals surface area contributed by atoms with Gasteiger partial charge in [0.1, 0.15) is 0 Å². The van der Waals surface area contributed by atoms with Crippen LogP contribution < -0.4 is 5.32 Å². The summed E-state index contributed by atoms with van der Waals surface area (Å²) in [7, 11) is 0. The minimum Gasteiger partial charge on any atom is -0.377 e. The van der Waals surface area contributed by atoms with Gasteiger partial charge in [0.2, 0.25) is 0 Å². The van der Waals surface area contributed by atoms with Crippen molar-refractivity contribution in [2.24, 2.45) is 0 Å². The number of ether oxygens (including phenoxy) is 1. The molecule has 0 amide bonds. The Bertz CT molecular complexity index is 162. The molecular formula is C10H17NO. The summed E-state index contributed by atoms with van der Waals surface area (Å²) < 4.78 is 5.64. The van der Waals surface area contributed by atoms with E-state index in [0.29, 0.717) is 6.10 Å². The van der Waals surface area contributed by atoms with Crippen LogP contribution in [0.15, 0.2) is 0 Å². The molecule has 12 heavy (non-hydrogen) atoms. The third-order valence-electron chi connectivity index (χ3n) is 2.04. The van der Waals surface area contributed by atoms with Gasteiger partial charge in [-0.2, -0.15) is 0 Å². The molecule has 1 aliphatic rings. The topological polar surface area (TPSA) is 21.3 Å². The smallest absolute Gasteiger partial charge is 0.0599 e. The molecule has 0 radical (unpaired) electrons. The minimum atomic E-state index is 0.477. The average Bonchev–Trinajstić information content (AvgIpc) is 2.14. The Morgan fingerprint density at radius 1 is 1.42 bits per heavy atom. The lowest BCUT2D eigenvalue weighted by molar-refractivity contribution is 0.0366. The lowest BCUT2D eigenvalue weighted by atomic mass is 10.1. The third kappa shape index (κ3) is 3.75. The van der Waals surface area contributed by atoms with Crippen LogP contribution >= 0.6 is 0 Å². The van der Waals surface area contributed by atoms with E-state index in [1.165, 1.54) is 0 Å². The van der Waals surface area contributed by atoms with Crippen LogP contribution in [0.25, 0.3) is 0 Å². The summed E-state index contributed by atoms with van der Waals surface area (Å²) in [4.78, 5) is 0. The fraction of sp³-hybridized carbons (Fsp3) is 0.800. The molecule has 0 atom stereocenters. The lowest BCUT2D eigenvalue weighted by Crippen LogP contribution is -2.32. The third-order valence-corrected chi connectivity index (χ3v) is 2.04. The zero-order valence-corrected chi connectivity index (χ0v) is 7.73. The van der Waals surface area contributed by atoms with E-state index in [4.69, 9.17) is 4.74 Å². The molecule has 0 aromatic heterocycles. The van der Waals surface area contributed by atoms with Crippen molar-refractivity contribution < 1.29 is 4.74 Å². The summed E-state index contributed by atoms with van der Waals surface area (Å²) >= 11 is 0. The molecule has 0 aromatic rings. The monoisotopic (exact) mass is 167 g/mol. The Morgan fingerprint density at radius 2 is 2.17 bits per heavy atom. The zero-order valence-electron chi connectivity index (χ0n) is 7.73. The van der Waals surface area contributed by atoms with Gasteiger partial charge in [0.25, 0.3) is 0 Å². The van der Waals surface area contributed by atoms with E-state index in [0.717, 1.165) is 39.0 Å². The molecule has 2 heteroatoms. The first-order chi connectivity index (χ1) is 5.93. The Kier molecular flexibility index (Phi) is 4.82. The van der Waals surface area contributed by atoms with Crippen LogP contribution in [0, 0.1) is 11.8 Å². The lowest BCUT2D eigenvalue weighted by Gasteiger charge is -2.22. The second-order valence-corrected chi connectivity index (χ2v) is 3.00. The van der Waals surface area contributed by atoms with Crippen molar-refractivity contribution in [3.63, 3.8) is 0 Å². The van der Waals surface area contributed by atoms with Gasteiger partial charge >= 0.3 is 0 Å². The fourth-order valence-corrected chi connectivity index (χ4v) is 1.36. The largest absolute Gasteiger partial charge is 0.377 e. The quantitative estimate of drug-likeness (QED) is 0.503. The van der Waals surface area contributed by atoms with Crippen LogP contribution in [0.3, 0.4) is 0 Å². The molecule has 1 saturated heterocycles. The van der Waals surface area contributed by atoms with Crippen molar-refractivity contribution in [1.82, 2.24) is 5.32 Å². The van der Waals surface area contributed by atoms with E-state index in [2.05, 4.69) is 17.2 Å². The first kappa shape index (κ1) is 9.57. The molecule has 1 fully saturated rings. The van der Waals surface area contributed by atoms with E-state index < -0.39 is 0 Å². The number of piperidine rings is 1. The molecule has 1 N–H and O–H groups in total. The molecule has 1 aliphatic heterocycles. The van der Waals surface area contributed by atoms with Crippen molar-refractivity contribution in [3.05, 3.63) is 0 Å². The van der Waals surface area contributed by atoms with Gasteiger partial charge in [-0.25, -0.2) is 0 Å². The standard InChI is InChI=1S/C10H17NO/c1-2-3-4-9-12-10-5-7-11-8-6-10/h10-11H,4-9H2,1H3. The van der Waals surface area contributed by atoms with Crippen molar-refractivity contribution in [2.45, 2.75) is 32.3 Å². The summed E-state index contributed by atoms with van der Waals surface area (Å²) in [5.41, 5.74) is 0. The molecule has 68 valence electrons. The Morgan fingerprint density at radius 3 is 2.83 bits per heavy atom. The van der Waals surface area contributed by atoms with E-state index in [1.807, 2.05) is 6.92 Å². The van der Waals surface area contributed by atoms with Crippen LogP contribution in [-0.2, 0) is 4.74 Å². The van der Waals surface area contributed by atoms with E-state index in [1.54, 1.807) is 0 Å². The van der Waals surface area contributed by atoms with Gasteiger partial charge in [-0.15, -0.1) is 11.8 Å². The summed E-state index contributed by atoms with van der Waals surface area (Å²) in [6.07, 6.45) is 3.66. The van der Waals surface area contributed by atoms with E-state index >= 15 is 0 Å². The Labute approximate surface area is 74.7 Å². The van der Waals surface area contributed by atoms with Crippen molar-refractivity contribution in [2.75, 3.05) is 19.7 Å². The van der Waals surface area contributed by atoms with Gasteiger partial charge in [0, 0.05) is 6.42 Å². The van der Waals surface area contributed by atoms with Gasteiger partial charge in [-0.3, -0.25) is 0 Å². The second kappa shape index (κ2) is 6.05. The molecule has 2 nitrogen and oxygen atoms in total. The van der Waals surface area contributed by atoms with Gasteiger partial charge in [-0.1, -0.05) is 0 Å². The average molecular weight is 167 g/mol. The highest BCUT2D eigenvalue weighted by Gasteiger charge is 2.11. The number of hydrogen-bond acceptors (Lipinski definition) is 2. The summed E-state index contributed by atoms with van der Waals surface area (Å²) in [6.45, 7) is 4.87. The van der Waals surface area contributed by atoms with Crippen LogP contribution in [0.1, 0.15) is 26.2 Å². The Hall–Kier alpha value is -0.520. The van der Waals surface area contributed by atoms with E-state index in [9.17, 15) is 0 Å². The SMILES string of the molecule is CC#CCCOC1CCNCC1. The molecule has 0 unspecified atom stereocenters. The van der Waals surface area contributed by atoms with Crippen molar-refractivity contribution >= 4 is 0 Å². The molecule has 0 saturated carbocycles. The highest BCUT2D eigenvalue weighted by Crippen LogP contribution is 2.06. The molecule has 1 rings (SSSR count). The molecule has 0 bridgehead atoms. The predicted molar refractivity (Wildman–Crippen MR) is 49.9 cm³/mol. The molecule has 0 aromatic carbocycles. The minimum absolute atomic E-state index is 0.477. The fourth-order valence-electron chi connectivity index (χ4n) is 1.36. The summed E-state index contributed by atoms with van der Waals surface area (Å²) in [5, 5.41) is 3.31. The van der Waals surface area contributed by atoms with Gasteiger partial charge in [0.05, 0.1) is 12.7 Å². The molecule has 1 heterocycles. The maximum absolute atomic E-state index is 5.64. The summed E-state index contributed by atoms with van der Waals surface area (Å²) in [6, 6.07) is 0. The van der Waals surface area contributed by atoms with Crippen LogP contribution in [0.2, 0.25) is 0 Å². The van der Waals surface area contributed by atoms with Crippen LogP contribution in [0.4, 0.5) is 0 Å². The van der Waals surface area contributed by atoms with Crippen molar-refractivity contribution in [3.8, 4) is 11.8 Å². The first-order valence-corrected chi connectivity index (χ1v) is 4.65. The molecular weight excluding hydrogens is 150 g/mol. The van der Waals surface area contributed by atoms with Crippen LogP contribution in [0.5, 0.6) is 0 Å². The number of hydrogen-bond donors (Lipinski definition) is 1. The predicted octanol–water partition coefficient (Wildman–Crippen LogP) is 1.17. The first-order valence-electron chi connectivity index (χ1n) is 4.65.